The van der Waals surface area contributed by atoms with Crippen LogP contribution in [0.25, 0.3) is 0 Å². The van der Waals surface area contributed by atoms with Crippen molar-refractivity contribution in [2.75, 3.05) is 13.1 Å². The number of carbonyl (C=O) groups excluding carboxylic acids is 1. The summed E-state index contributed by atoms with van der Waals surface area (Å²) >= 11 is 0. The van der Waals surface area contributed by atoms with Crippen LogP contribution in [0.15, 0.2) is 24.3 Å². The molecule has 3 rings (SSSR count). The van der Waals surface area contributed by atoms with Gasteiger partial charge in [0.1, 0.15) is 0 Å². The minimum Gasteiger partial charge on any atom is -0.298 e. The molecule has 2 fully saturated rings. The van der Waals surface area contributed by atoms with Gasteiger partial charge < -0.3 is 0 Å². The van der Waals surface area contributed by atoms with Gasteiger partial charge in [-0.1, -0.05) is 44.6 Å². The fourth-order valence-corrected chi connectivity index (χ4v) is 4.92. The number of piperidine rings is 1. The number of allylic oxidation sites excluding steroid dienone is 3. The lowest BCUT2D eigenvalue weighted by atomic mass is 9.67. The highest BCUT2D eigenvalue weighted by atomic mass is 16.1. The highest BCUT2D eigenvalue weighted by Gasteiger charge is 2.50. The molecule has 3 unspecified atom stereocenters. The van der Waals surface area contributed by atoms with Crippen molar-refractivity contribution < 1.29 is 4.79 Å². The van der Waals surface area contributed by atoms with E-state index in [0.717, 1.165) is 38.8 Å². The lowest BCUT2D eigenvalue weighted by molar-refractivity contribution is -0.140. The van der Waals surface area contributed by atoms with Gasteiger partial charge in [0, 0.05) is 25.4 Å². The van der Waals surface area contributed by atoms with E-state index in [1.807, 2.05) is 0 Å². The first kappa shape index (κ1) is 15.0. The number of Topliss-reactive ketones (excluding diaryl/α,β-unsaturated/α-hetero) is 1. The van der Waals surface area contributed by atoms with Gasteiger partial charge in [0.25, 0.3) is 0 Å². The Balaban J connectivity index is 1.93. The van der Waals surface area contributed by atoms with Gasteiger partial charge in [-0.05, 0) is 37.5 Å². The van der Waals surface area contributed by atoms with Crippen molar-refractivity contribution in [1.29, 1.82) is 0 Å². The molecule has 0 aromatic rings. The molecule has 21 heavy (non-hydrogen) atoms. The smallest absolute Gasteiger partial charge is 0.153 e. The summed E-state index contributed by atoms with van der Waals surface area (Å²) in [7, 11) is 0. The molecule has 0 bridgehead atoms. The third-order valence-electron chi connectivity index (χ3n) is 5.72. The lowest BCUT2D eigenvalue weighted by Gasteiger charge is -2.52. The van der Waals surface area contributed by atoms with Crippen LogP contribution in [0.4, 0.5) is 0 Å². The Hall–Kier alpha value is -0.890. The van der Waals surface area contributed by atoms with Crippen molar-refractivity contribution in [3.63, 3.8) is 0 Å². The molecule has 2 nitrogen and oxygen atoms in total. The predicted octanol–water partition coefficient (Wildman–Crippen LogP) is 3.98. The van der Waals surface area contributed by atoms with Crippen LogP contribution in [0.2, 0.25) is 0 Å². The Kier molecular flexibility index (Phi) is 4.35. The summed E-state index contributed by atoms with van der Waals surface area (Å²) in [5.41, 5.74) is -0.206. The largest absolute Gasteiger partial charge is 0.298 e. The highest BCUT2D eigenvalue weighted by molar-refractivity contribution is 5.90. The van der Waals surface area contributed by atoms with E-state index in [-0.39, 0.29) is 5.54 Å². The van der Waals surface area contributed by atoms with Crippen molar-refractivity contribution >= 4 is 5.78 Å². The zero-order valence-corrected chi connectivity index (χ0v) is 13.6. The number of hydrogen-bond acceptors (Lipinski definition) is 2. The van der Waals surface area contributed by atoms with E-state index < -0.39 is 0 Å². The van der Waals surface area contributed by atoms with Crippen LogP contribution in [0.3, 0.4) is 0 Å². The van der Waals surface area contributed by atoms with E-state index in [1.54, 1.807) is 0 Å². The maximum Gasteiger partial charge on any atom is 0.153 e. The third-order valence-corrected chi connectivity index (χ3v) is 5.72. The van der Waals surface area contributed by atoms with Crippen LogP contribution >= 0.6 is 0 Å². The molecular weight excluding hydrogens is 258 g/mol. The Morgan fingerprint density at radius 1 is 1.14 bits per heavy atom. The summed E-state index contributed by atoms with van der Waals surface area (Å²) in [5.74, 6) is 2.32. The van der Waals surface area contributed by atoms with Crippen LogP contribution in [0, 0.1) is 17.8 Å². The maximum atomic E-state index is 13.0. The predicted molar refractivity (Wildman–Crippen MR) is 87.1 cm³/mol. The first-order valence-corrected chi connectivity index (χ1v) is 8.74. The zero-order valence-electron chi connectivity index (χ0n) is 13.6. The van der Waals surface area contributed by atoms with Crippen LogP contribution < -0.4 is 0 Å². The van der Waals surface area contributed by atoms with Gasteiger partial charge in [-0.15, -0.1) is 0 Å². The molecule has 0 radical (unpaired) electrons. The number of likely N-dealkylation sites (tertiary alicyclic amines) is 1. The van der Waals surface area contributed by atoms with Crippen molar-refractivity contribution in [3.05, 3.63) is 24.3 Å². The first-order valence-electron chi connectivity index (χ1n) is 8.74. The van der Waals surface area contributed by atoms with E-state index in [1.165, 1.54) is 12.8 Å². The summed E-state index contributed by atoms with van der Waals surface area (Å²) < 4.78 is 0. The standard InChI is InChI=1S/C19H29NO/c1-15-12-16(2)14-20(13-15)19(11-7-6-10-18(19)21)17-8-4-3-5-9-17/h3-5,8,15-17H,6-7,9-14H2,1-2H3/t15?,16?,17?,19-/m0/s1. The second-order valence-corrected chi connectivity index (χ2v) is 7.56. The van der Waals surface area contributed by atoms with Crippen molar-refractivity contribution in [1.82, 2.24) is 4.90 Å². The van der Waals surface area contributed by atoms with E-state index >= 15 is 0 Å². The molecule has 116 valence electrons. The third kappa shape index (κ3) is 2.75. The molecule has 2 heteroatoms. The molecule has 0 spiro atoms. The lowest BCUT2D eigenvalue weighted by Crippen LogP contribution is -2.63. The summed E-state index contributed by atoms with van der Waals surface area (Å²) in [6.45, 7) is 6.90. The molecule has 1 saturated carbocycles. The van der Waals surface area contributed by atoms with Crippen molar-refractivity contribution in [2.45, 2.75) is 57.9 Å². The summed E-state index contributed by atoms with van der Waals surface area (Å²) in [6, 6.07) is 0. The number of ketones is 1. The molecular formula is C19H29NO. The van der Waals surface area contributed by atoms with E-state index in [2.05, 4.69) is 43.1 Å². The molecule has 3 aliphatic rings. The normalized spacial score (nSPS) is 41.4. The molecule has 1 heterocycles. The van der Waals surface area contributed by atoms with Gasteiger partial charge in [-0.25, -0.2) is 0 Å². The second-order valence-electron chi connectivity index (χ2n) is 7.56. The highest BCUT2D eigenvalue weighted by Crippen LogP contribution is 2.43. The maximum absolute atomic E-state index is 13.0. The minimum absolute atomic E-state index is 0.206. The Morgan fingerprint density at radius 3 is 2.52 bits per heavy atom. The van der Waals surface area contributed by atoms with Crippen LogP contribution in [-0.4, -0.2) is 29.3 Å². The average Bonchev–Trinajstić information content (AvgIpc) is 2.48. The van der Waals surface area contributed by atoms with Gasteiger partial charge in [0.2, 0.25) is 0 Å². The van der Waals surface area contributed by atoms with Crippen LogP contribution in [0.5, 0.6) is 0 Å². The second kappa shape index (κ2) is 6.08. The number of nitrogens with zero attached hydrogens (tertiary/aromatic N) is 1. The van der Waals surface area contributed by atoms with E-state index in [0.29, 0.717) is 23.5 Å². The van der Waals surface area contributed by atoms with Crippen molar-refractivity contribution in [3.8, 4) is 0 Å². The topological polar surface area (TPSA) is 20.3 Å². The molecule has 1 saturated heterocycles. The minimum atomic E-state index is -0.206. The zero-order chi connectivity index (χ0) is 14.9. The quantitative estimate of drug-likeness (QED) is 0.765. The Bertz CT molecular complexity index is 442. The van der Waals surface area contributed by atoms with Crippen molar-refractivity contribution in [2.24, 2.45) is 17.8 Å². The monoisotopic (exact) mass is 287 g/mol. The number of carbonyl (C=O) groups is 1. The summed E-state index contributed by atoms with van der Waals surface area (Å²) in [4.78, 5) is 15.6. The van der Waals surface area contributed by atoms with E-state index in [4.69, 9.17) is 0 Å². The molecule has 2 aliphatic carbocycles. The molecule has 0 aromatic carbocycles. The van der Waals surface area contributed by atoms with Gasteiger partial charge >= 0.3 is 0 Å². The number of hydrogen-bond donors (Lipinski definition) is 0. The summed E-state index contributed by atoms with van der Waals surface area (Å²) in [5, 5.41) is 0. The molecule has 1 aliphatic heterocycles. The Labute approximate surface area is 129 Å². The van der Waals surface area contributed by atoms with Gasteiger partial charge in [-0.2, -0.15) is 0 Å². The van der Waals surface area contributed by atoms with Crippen LogP contribution in [-0.2, 0) is 4.79 Å². The SMILES string of the molecule is CC1CC(C)CN([C@]2(C3C=CC=CC3)CCCCC2=O)C1. The number of rotatable bonds is 2. The fraction of sp³-hybridized carbons (Fsp3) is 0.737. The molecule has 0 amide bonds. The first-order chi connectivity index (χ1) is 10.1. The fourth-order valence-electron chi connectivity index (χ4n) is 4.92. The molecule has 0 aromatic heterocycles. The van der Waals surface area contributed by atoms with Gasteiger partial charge in [0.05, 0.1) is 5.54 Å². The van der Waals surface area contributed by atoms with Gasteiger partial charge in [-0.3, -0.25) is 9.69 Å². The Morgan fingerprint density at radius 2 is 1.90 bits per heavy atom. The van der Waals surface area contributed by atoms with E-state index in [9.17, 15) is 4.79 Å². The van der Waals surface area contributed by atoms with Crippen LogP contribution in [0.1, 0.15) is 52.4 Å². The summed E-state index contributed by atoms with van der Waals surface area (Å²) in [6.07, 6.45) is 15.3. The molecule has 4 atom stereocenters. The van der Waals surface area contributed by atoms with Gasteiger partial charge in [0.15, 0.2) is 5.78 Å². The molecule has 0 N–H and O–H groups in total. The average molecular weight is 287 g/mol.